The number of rotatable bonds is 6. The second-order valence-electron chi connectivity index (χ2n) is 6.09. The van der Waals surface area contributed by atoms with E-state index in [2.05, 4.69) is 15.5 Å². The maximum atomic E-state index is 12.8. The Balaban J connectivity index is 1.67. The van der Waals surface area contributed by atoms with Crippen molar-refractivity contribution in [3.63, 3.8) is 0 Å². The lowest BCUT2D eigenvalue weighted by Crippen LogP contribution is -2.15. The lowest BCUT2D eigenvalue weighted by molar-refractivity contribution is -0.137. The number of anilines is 2. The number of thioether (sulfide) groups is 1. The Labute approximate surface area is 169 Å². The molecule has 3 aromatic rings. The summed E-state index contributed by atoms with van der Waals surface area (Å²) in [6, 6.07) is 11.7. The zero-order valence-corrected chi connectivity index (χ0v) is 16.2. The van der Waals surface area contributed by atoms with E-state index in [1.807, 2.05) is 23.6 Å². The fourth-order valence-electron chi connectivity index (χ4n) is 2.63. The molecule has 0 radical (unpaired) electrons. The molecule has 3 N–H and O–H groups in total. The second-order valence-corrected chi connectivity index (χ2v) is 7.03. The monoisotopic (exact) mass is 421 g/mol. The van der Waals surface area contributed by atoms with Crippen LogP contribution in [-0.4, -0.2) is 26.4 Å². The minimum Gasteiger partial charge on any atom is -0.399 e. The van der Waals surface area contributed by atoms with Gasteiger partial charge in [-0.05, 0) is 49.4 Å². The molecule has 1 heterocycles. The van der Waals surface area contributed by atoms with Gasteiger partial charge in [-0.25, -0.2) is 0 Å². The molecular formula is C19H18F3N5OS. The van der Waals surface area contributed by atoms with E-state index in [1.165, 1.54) is 12.1 Å². The van der Waals surface area contributed by atoms with E-state index in [0.717, 1.165) is 29.5 Å². The minimum absolute atomic E-state index is 0.0177. The molecule has 152 valence electrons. The largest absolute Gasteiger partial charge is 0.416 e. The van der Waals surface area contributed by atoms with E-state index in [4.69, 9.17) is 5.73 Å². The van der Waals surface area contributed by atoms with Crippen molar-refractivity contribution >= 4 is 29.0 Å². The number of nitrogens with zero attached hydrogens (tertiary/aromatic N) is 3. The third-order valence-corrected chi connectivity index (χ3v) is 4.97. The molecule has 0 saturated carbocycles. The number of hydrogen-bond donors (Lipinski definition) is 2. The van der Waals surface area contributed by atoms with Crippen LogP contribution in [0.3, 0.4) is 0 Å². The van der Waals surface area contributed by atoms with E-state index < -0.39 is 17.6 Å². The van der Waals surface area contributed by atoms with Crippen molar-refractivity contribution in [2.75, 3.05) is 16.8 Å². The topological polar surface area (TPSA) is 85.8 Å². The molecule has 6 nitrogen and oxygen atoms in total. The minimum atomic E-state index is -4.47. The summed E-state index contributed by atoms with van der Waals surface area (Å²) in [5.41, 5.74) is 6.45. The number of hydrogen-bond acceptors (Lipinski definition) is 5. The van der Waals surface area contributed by atoms with Gasteiger partial charge in [0, 0.05) is 23.5 Å². The number of carbonyl (C=O) groups excluding carboxylic acids is 1. The highest BCUT2D eigenvalue weighted by molar-refractivity contribution is 7.99. The maximum Gasteiger partial charge on any atom is 0.416 e. The Morgan fingerprint density at radius 3 is 2.55 bits per heavy atom. The molecule has 29 heavy (non-hydrogen) atoms. The van der Waals surface area contributed by atoms with E-state index in [1.54, 1.807) is 12.1 Å². The lowest BCUT2D eigenvalue weighted by atomic mass is 10.2. The highest BCUT2D eigenvalue weighted by Crippen LogP contribution is 2.31. The van der Waals surface area contributed by atoms with Crippen LogP contribution in [0.5, 0.6) is 0 Å². The molecule has 0 atom stereocenters. The summed E-state index contributed by atoms with van der Waals surface area (Å²) < 4.78 is 40.2. The molecule has 1 amide bonds. The first-order valence-corrected chi connectivity index (χ1v) is 9.65. The smallest absolute Gasteiger partial charge is 0.399 e. The van der Waals surface area contributed by atoms with E-state index in [9.17, 15) is 18.0 Å². The van der Waals surface area contributed by atoms with Crippen molar-refractivity contribution < 1.29 is 18.0 Å². The van der Waals surface area contributed by atoms with Crippen molar-refractivity contribution in [1.29, 1.82) is 0 Å². The first-order valence-electron chi connectivity index (χ1n) is 8.67. The van der Waals surface area contributed by atoms with Crippen LogP contribution < -0.4 is 11.1 Å². The molecule has 0 aliphatic carbocycles. The number of nitrogens with two attached hydrogens (primary N) is 1. The Bertz CT molecular complexity index is 1000. The van der Waals surface area contributed by atoms with Crippen molar-refractivity contribution in [2.24, 2.45) is 0 Å². The molecule has 0 unspecified atom stereocenters. The third kappa shape index (κ3) is 5.08. The summed E-state index contributed by atoms with van der Waals surface area (Å²) in [5, 5.41) is 11.3. The van der Waals surface area contributed by atoms with Gasteiger partial charge in [0.15, 0.2) is 11.0 Å². The summed E-state index contributed by atoms with van der Waals surface area (Å²) in [6.07, 6.45) is -4.47. The van der Waals surface area contributed by atoms with Crippen LogP contribution >= 0.6 is 11.8 Å². The highest BCUT2D eigenvalue weighted by Gasteiger charge is 2.30. The van der Waals surface area contributed by atoms with Crippen molar-refractivity contribution in [3.8, 4) is 11.4 Å². The van der Waals surface area contributed by atoms with Crippen LogP contribution in [0.2, 0.25) is 0 Å². The standard InChI is InChI=1S/C19H18F3N5OS/c1-2-27-17(12-6-8-14(23)9-7-12)25-26-18(27)29-11-16(28)24-15-5-3-4-13(10-15)19(20,21)22/h3-10H,2,11,23H2,1H3,(H,24,28). The molecular weight excluding hydrogens is 403 g/mol. The third-order valence-electron chi connectivity index (χ3n) is 4.01. The molecule has 2 aromatic carbocycles. The summed E-state index contributed by atoms with van der Waals surface area (Å²) in [7, 11) is 0. The van der Waals surface area contributed by atoms with Crippen LogP contribution in [-0.2, 0) is 17.5 Å². The predicted octanol–water partition coefficient (Wildman–Crippen LogP) is 4.30. The van der Waals surface area contributed by atoms with E-state index in [0.29, 0.717) is 23.2 Å². The van der Waals surface area contributed by atoms with Crippen LogP contribution in [0.1, 0.15) is 12.5 Å². The lowest BCUT2D eigenvalue weighted by Gasteiger charge is -2.10. The molecule has 1 aromatic heterocycles. The van der Waals surface area contributed by atoms with Gasteiger partial charge in [-0.3, -0.25) is 4.79 Å². The fourth-order valence-corrected chi connectivity index (χ4v) is 3.43. The quantitative estimate of drug-likeness (QED) is 0.458. The second kappa shape index (κ2) is 8.56. The Kier molecular flexibility index (Phi) is 6.12. The van der Waals surface area contributed by atoms with Gasteiger partial charge in [0.25, 0.3) is 0 Å². The van der Waals surface area contributed by atoms with Gasteiger partial charge in [0.2, 0.25) is 5.91 Å². The normalized spacial score (nSPS) is 11.4. The van der Waals surface area contributed by atoms with Crippen molar-refractivity contribution in [1.82, 2.24) is 14.8 Å². The van der Waals surface area contributed by atoms with Gasteiger partial charge < -0.3 is 15.6 Å². The fraction of sp³-hybridized carbons (Fsp3) is 0.211. The summed E-state index contributed by atoms with van der Waals surface area (Å²) in [6.45, 7) is 2.52. The van der Waals surface area contributed by atoms with Crippen molar-refractivity contribution in [3.05, 3.63) is 54.1 Å². The molecule has 0 saturated heterocycles. The molecule has 10 heteroatoms. The molecule has 0 fully saturated rings. The van der Waals surface area contributed by atoms with Gasteiger partial charge in [-0.15, -0.1) is 10.2 Å². The highest BCUT2D eigenvalue weighted by atomic mass is 32.2. The van der Waals surface area contributed by atoms with Gasteiger partial charge in [-0.2, -0.15) is 13.2 Å². The van der Waals surface area contributed by atoms with Gasteiger partial charge in [-0.1, -0.05) is 17.8 Å². The number of carbonyl (C=O) groups is 1. The Morgan fingerprint density at radius 1 is 1.17 bits per heavy atom. The van der Waals surface area contributed by atoms with E-state index >= 15 is 0 Å². The maximum absolute atomic E-state index is 12.8. The van der Waals surface area contributed by atoms with Gasteiger partial charge in [0.05, 0.1) is 11.3 Å². The number of alkyl halides is 3. The van der Waals surface area contributed by atoms with E-state index in [-0.39, 0.29) is 11.4 Å². The molecule has 0 bridgehead atoms. The first kappa shape index (κ1) is 20.7. The average molecular weight is 421 g/mol. The van der Waals surface area contributed by atoms with Crippen molar-refractivity contribution in [2.45, 2.75) is 24.8 Å². The SMILES string of the molecule is CCn1c(SCC(=O)Nc2cccc(C(F)(F)F)c2)nnc1-c1ccc(N)cc1. The number of aromatic nitrogens is 3. The Hall–Kier alpha value is -3.01. The summed E-state index contributed by atoms with van der Waals surface area (Å²) in [5.74, 6) is 0.193. The van der Waals surface area contributed by atoms with Crippen LogP contribution in [0.15, 0.2) is 53.7 Å². The number of benzene rings is 2. The van der Waals surface area contributed by atoms with Crippen LogP contribution in [0.25, 0.3) is 11.4 Å². The van der Waals surface area contributed by atoms with Crippen LogP contribution in [0.4, 0.5) is 24.5 Å². The van der Waals surface area contributed by atoms with Crippen LogP contribution in [0, 0.1) is 0 Å². The van der Waals surface area contributed by atoms with Gasteiger partial charge in [0.1, 0.15) is 0 Å². The molecule has 0 aliphatic rings. The number of nitrogen functional groups attached to an aromatic ring is 1. The molecule has 0 spiro atoms. The summed E-state index contributed by atoms with van der Waals surface area (Å²) in [4.78, 5) is 12.2. The number of amides is 1. The van der Waals surface area contributed by atoms with Gasteiger partial charge >= 0.3 is 6.18 Å². The first-order chi connectivity index (χ1) is 13.8. The zero-order chi connectivity index (χ0) is 21.0. The number of halogens is 3. The molecule has 0 aliphatic heterocycles. The molecule has 3 rings (SSSR count). The zero-order valence-electron chi connectivity index (χ0n) is 15.4. The average Bonchev–Trinajstić information content (AvgIpc) is 3.09. The number of nitrogens with one attached hydrogen (secondary N) is 1. The Morgan fingerprint density at radius 2 is 1.90 bits per heavy atom. The predicted molar refractivity (Wildman–Crippen MR) is 106 cm³/mol. The summed E-state index contributed by atoms with van der Waals surface area (Å²) >= 11 is 1.16.